The minimum Gasteiger partial charge on any atom is -0.392 e. The molecule has 0 aliphatic heterocycles. The molecule has 0 saturated carbocycles. The van der Waals surface area contributed by atoms with E-state index < -0.39 is 17.2 Å². The average molecular weight is 289 g/mol. The minimum atomic E-state index is -0.554. The van der Waals surface area contributed by atoms with Gasteiger partial charge in [-0.15, -0.1) is 0 Å². The van der Waals surface area contributed by atoms with E-state index in [1.165, 1.54) is 19.3 Å². The Morgan fingerprint density at radius 1 is 1.29 bits per heavy atom. The summed E-state index contributed by atoms with van der Waals surface area (Å²) in [6.45, 7) is -0.319. The average Bonchev–Trinajstić information content (AvgIpc) is 2.48. The summed E-state index contributed by atoms with van der Waals surface area (Å²) in [7, 11) is 1.35. The van der Waals surface area contributed by atoms with Gasteiger partial charge in [0.15, 0.2) is 0 Å². The molecule has 2 N–H and O–H groups in total. The summed E-state index contributed by atoms with van der Waals surface area (Å²) >= 11 is 0. The van der Waals surface area contributed by atoms with Crippen LogP contribution in [0.3, 0.4) is 0 Å². The van der Waals surface area contributed by atoms with Gasteiger partial charge in [0.25, 0.3) is 5.56 Å². The Hall–Kier alpha value is -2.67. The normalized spacial score (nSPS) is 10.4. The Morgan fingerprint density at radius 2 is 2.05 bits per heavy atom. The van der Waals surface area contributed by atoms with E-state index in [1.54, 1.807) is 24.3 Å². The summed E-state index contributed by atoms with van der Waals surface area (Å²) in [6.07, 6.45) is 1.29. The van der Waals surface area contributed by atoms with Crippen LogP contribution in [0.15, 0.2) is 46.1 Å². The Kier molecular flexibility index (Phi) is 4.34. The van der Waals surface area contributed by atoms with E-state index in [1.807, 2.05) is 0 Å². The lowest BCUT2D eigenvalue weighted by molar-refractivity contribution is -0.116. The van der Waals surface area contributed by atoms with Gasteiger partial charge in [-0.25, -0.2) is 4.79 Å². The quantitative estimate of drug-likeness (QED) is 0.806. The zero-order valence-electron chi connectivity index (χ0n) is 11.4. The van der Waals surface area contributed by atoms with Crippen LogP contribution in [0, 0.1) is 0 Å². The van der Waals surface area contributed by atoms with Gasteiger partial charge < -0.3 is 10.4 Å². The molecule has 1 heterocycles. The molecule has 1 amide bonds. The van der Waals surface area contributed by atoms with Gasteiger partial charge >= 0.3 is 5.69 Å². The standard InChI is InChI=1S/C14H15N3O4/c1-16-13(20)5-6-17(14(16)21)8-12(19)15-11-4-2-3-10(7-11)9-18/h2-7,18H,8-9H2,1H3,(H,15,19). The van der Waals surface area contributed by atoms with Gasteiger partial charge in [-0.3, -0.25) is 18.7 Å². The van der Waals surface area contributed by atoms with E-state index in [0.717, 1.165) is 9.13 Å². The maximum atomic E-state index is 11.9. The lowest BCUT2D eigenvalue weighted by atomic mass is 10.2. The molecule has 0 atom stereocenters. The lowest BCUT2D eigenvalue weighted by Gasteiger charge is -2.09. The van der Waals surface area contributed by atoms with Gasteiger partial charge in [-0.2, -0.15) is 0 Å². The molecule has 0 saturated heterocycles. The molecule has 0 bridgehead atoms. The summed E-state index contributed by atoms with van der Waals surface area (Å²) in [5.41, 5.74) is 0.227. The molecular weight excluding hydrogens is 274 g/mol. The lowest BCUT2D eigenvalue weighted by Crippen LogP contribution is -2.38. The number of hydrogen-bond acceptors (Lipinski definition) is 4. The summed E-state index contributed by atoms with van der Waals surface area (Å²) in [5, 5.41) is 11.7. The van der Waals surface area contributed by atoms with Crippen LogP contribution in [-0.4, -0.2) is 20.1 Å². The third-order valence-electron chi connectivity index (χ3n) is 2.97. The van der Waals surface area contributed by atoms with Crippen LogP contribution in [0.2, 0.25) is 0 Å². The molecule has 1 aromatic heterocycles. The second-order valence-corrected chi connectivity index (χ2v) is 4.53. The van der Waals surface area contributed by atoms with Gasteiger partial charge in [0.1, 0.15) is 6.54 Å². The Morgan fingerprint density at radius 3 is 2.76 bits per heavy atom. The number of aliphatic hydroxyl groups excluding tert-OH is 1. The summed E-state index contributed by atoms with van der Waals surface area (Å²) in [6, 6.07) is 7.98. The number of nitrogens with one attached hydrogen (secondary N) is 1. The second kappa shape index (κ2) is 6.19. The fourth-order valence-electron chi connectivity index (χ4n) is 1.84. The molecule has 7 heteroatoms. The predicted molar refractivity (Wildman–Crippen MR) is 76.9 cm³/mol. The molecule has 2 aromatic rings. The molecule has 0 radical (unpaired) electrons. The molecule has 1 aromatic carbocycles. The fourth-order valence-corrected chi connectivity index (χ4v) is 1.84. The summed E-state index contributed by atoms with van der Waals surface area (Å²) in [5.74, 6) is -0.397. The Labute approximate surface area is 120 Å². The van der Waals surface area contributed by atoms with Gasteiger partial charge in [-0.1, -0.05) is 12.1 Å². The number of nitrogens with zero attached hydrogens (tertiary/aromatic N) is 2. The van der Waals surface area contributed by atoms with Gasteiger partial charge in [-0.05, 0) is 17.7 Å². The highest BCUT2D eigenvalue weighted by atomic mass is 16.3. The monoisotopic (exact) mass is 289 g/mol. The maximum absolute atomic E-state index is 11.9. The molecule has 0 fully saturated rings. The second-order valence-electron chi connectivity index (χ2n) is 4.53. The van der Waals surface area contributed by atoms with Crippen molar-refractivity contribution in [2.45, 2.75) is 13.2 Å². The van der Waals surface area contributed by atoms with Gasteiger partial charge in [0.05, 0.1) is 6.61 Å². The van der Waals surface area contributed by atoms with Crippen molar-refractivity contribution >= 4 is 11.6 Å². The van der Waals surface area contributed by atoms with E-state index in [9.17, 15) is 14.4 Å². The van der Waals surface area contributed by atoms with E-state index in [4.69, 9.17) is 5.11 Å². The molecule has 0 aliphatic carbocycles. The molecule has 0 spiro atoms. The molecule has 0 unspecified atom stereocenters. The van der Waals surface area contributed by atoms with Crippen LogP contribution < -0.4 is 16.6 Å². The van der Waals surface area contributed by atoms with Crippen molar-refractivity contribution in [3.63, 3.8) is 0 Å². The van der Waals surface area contributed by atoms with Crippen molar-refractivity contribution in [3.8, 4) is 0 Å². The minimum absolute atomic E-state index is 0.121. The number of amides is 1. The highest BCUT2D eigenvalue weighted by Crippen LogP contribution is 2.10. The Balaban J connectivity index is 2.13. The van der Waals surface area contributed by atoms with Crippen LogP contribution in [-0.2, 0) is 25.0 Å². The number of rotatable bonds is 4. The van der Waals surface area contributed by atoms with Crippen LogP contribution in [0.25, 0.3) is 0 Å². The first kappa shape index (κ1) is 14.7. The maximum Gasteiger partial charge on any atom is 0.331 e. The molecule has 0 aliphatic rings. The van der Waals surface area contributed by atoms with E-state index >= 15 is 0 Å². The zero-order chi connectivity index (χ0) is 15.4. The number of aliphatic hydroxyl groups is 1. The molecular formula is C14H15N3O4. The summed E-state index contributed by atoms with van der Waals surface area (Å²) in [4.78, 5) is 35.0. The number of benzene rings is 1. The van der Waals surface area contributed by atoms with Crippen LogP contribution >= 0.6 is 0 Å². The van der Waals surface area contributed by atoms with Gasteiger partial charge in [0, 0.05) is 25.0 Å². The van der Waals surface area contributed by atoms with Crippen molar-refractivity contribution in [3.05, 3.63) is 62.9 Å². The van der Waals surface area contributed by atoms with E-state index in [0.29, 0.717) is 11.3 Å². The highest BCUT2D eigenvalue weighted by Gasteiger charge is 2.07. The number of aromatic nitrogens is 2. The van der Waals surface area contributed by atoms with Crippen LogP contribution in [0.4, 0.5) is 5.69 Å². The topological polar surface area (TPSA) is 93.3 Å². The molecule has 7 nitrogen and oxygen atoms in total. The van der Waals surface area contributed by atoms with Crippen molar-refractivity contribution in [1.82, 2.24) is 9.13 Å². The smallest absolute Gasteiger partial charge is 0.331 e. The third-order valence-corrected chi connectivity index (χ3v) is 2.97. The first-order valence-electron chi connectivity index (χ1n) is 6.27. The Bertz CT molecular complexity index is 776. The summed E-state index contributed by atoms with van der Waals surface area (Å²) < 4.78 is 2.08. The van der Waals surface area contributed by atoms with E-state index in [2.05, 4.69) is 5.32 Å². The predicted octanol–water partition coefficient (Wildman–Crippen LogP) is -0.322. The number of carbonyl (C=O) groups is 1. The van der Waals surface area contributed by atoms with Gasteiger partial charge in [0.2, 0.25) is 5.91 Å². The largest absolute Gasteiger partial charge is 0.392 e. The van der Waals surface area contributed by atoms with Crippen molar-refractivity contribution < 1.29 is 9.90 Å². The fraction of sp³-hybridized carbons (Fsp3) is 0.214. The van der Waals surface area contributed by atoms with Crippen molar-refractivity contribution in [2.75, 3.05) is 5.32 Å². The van der Waals surface area contributed by atoms with E-state index in [-0.39, 0.29) is 13.2 Å². The highest BCUT2D eigenvalue weighted by molar-refractivity contribution is 5.90. The molecule has 110 valence electrons. The van der Waals surface area contributed by atoms with Crippen molar-refractivity contribution in [1.29, 1.82) is 0 Å². The van der Waals surface area contributed by atoms with Crippen molar-refractivity contribution in [2.24, 2.45) is 7.05 Å². The zero-order valence-corrected chi connectivity index (χ0v) is 11.4. The SMILES string of the molecule is Cn1c(=O)ccn(CC(=O)Nc2cccc(CO)c2)c1=O. The molecule has 2 rings (SSSR count). The van der Waals surface area contributed by atoms with Crippen LogP contribution in [0.1, 0.15) is 5.56 Å². The molecule has 21 heavy (non-hydrogen) atoms. The first-order valence-corrected chi connectivity index (χ1v) is 6.27. The number of anilines is 1. The number of carbonyl (C=O) groups excluding carboxylic acids is 1. The number of hydrogen-bond donors (Lipinski definition) is 2. The first-order chi connectivity index (χ1) is 10.0. The third kappa shape index (κ3) is 3.46. The van der Waals surface area contributed by atoms with Crippen LogP contribution in [0.5, 0.6) is 0 Å².